The molecule has 0 radical (unpaired) electrons. The average molecular weight is 204 g/mol. The maximum absolute atomic E-state index is 11.3. The van der Waals surface area contributed by atoms with Crippen molar-refractivity contribution in [2.75, 3.05) is 6.54 Å². The van der Waals surface area contributed by atoms with Crippen LogP contribution in [0.5, 0.6) is 0 Å². The summed E-state index contributed by atoms with van der Waals surface area (Å²) in [5, 5.41) is 8.59. The van der Waals surface area contributed by atoms with Crippen LogP contribution < -0.4 is 17.2 Å². The highest BCUT2D eigenvalue weighted by atomic mass is 16.4. The third-order valence-electron chi connectivity index (χ3n) is 1.73. The van der Waals surface area contributed by atoms with Crippen LogP contribution in [-0.2, 0) is 14.4 Å². The van der Waals surface area contributed by atoms with Crippen LogP contribution in [0.4, 0.5) is 0 Å². The van der Waals surface area contributed by atoms with Crippen LogP contribution in [0, 0.1) is 5.92 Å². The normalized spacial score (nSPS) is 15.4. The van der Waals surface area contributed by atoms with Gasteiger partial charge in [0, 0.05) is 6.42 Å². The summed E-state index contributed by atoms with van der Waals surface area (Å²) in [6.07, 6.45) is -0.437. The quantitative estimate of drug-likeness (QED) is 0.357. The molecule has 80 valence electrons. The van der Waals surface area contributed by atoms with E-state index in [1.165, 1.54) is 0 Å². The molecule has 0 saturated carbocycles. The first kappa shape index (κ1) is 10.6. The van der Waals surface area contributed by atoms with Gasteiger partial charge in [-0.15, -0.1) is 0 Å². The highest BCUT2D eigenvalue weighted by molar-refractivity contribution is 5.92. The minimum atomic E-state index is -1.49. The van der Waals surface area contributed by atoms with Gasteiger partial charge in [-0.05, 0) is 0 Å². The second kappa shape index (κ2) is 5.30. The third-order valence-corrected chi connectivity index (χ3v) is 1.73. The zero-order chi connectivity index (χ0) is 12.0. The highest BCUT2D eigenvalue weighted by Crippen LogP contribution is 2.08. The third kappa shape index (κ3) is 3.50. The maximum Gasteiger partial charge on any atom is 0.321 e. The molecule has 0 aliphatic rings. The van der Waals surface area contributed by atoms with Gasteiger partial charge >= 0.3 is 5.97 Å². The van der Waals surface area contributed by atoms with Crippen LogP contribution in [0.2, 0.25) is 1.41 Å². The molecule has 1 unspecified atom stereocenters. The van der Waals surface area contributed by atoms with E-state index in [0.717, 1.165) is 0 Å². The van der Waals surface area contributed by atoms with Crippen molar-refractivity contribution in [3.05, 3.63) is 0 Å². The first-order valence-corrected chi connectivity index (χ1v) is 3.84. The fourth-order valence-corrected chi connectivity index (χ4v) is 0.961. The van der Waals surface area contributed by atoms with E-state index >= 15 is 0 Å². The average Bonchev–Trinajstić information content (AvgIpc) is 2.13. The SMILES string of the molecule is [2H]NCC(=O)C(CC(N)=O)[C@H](N)C(=O)O. The van der Waals surface area contributed by atoms with E-state index in [1.54, 1.807) is 0 Å². The summed E-state index contributed by atoms with van der Waals surface area (Å²) in [7, 11) is 0. The number of rotatable bonds is 7. The Bertz CT molecular complexity index is 271. The van der Waals surface area contributed by atoms with Crippen LogP contribution in [0.15, 0.2) is 0 Å². The van der Waals surface area contributed by atoms with Gasteiger partial charge < -0.3 is 22.3 Å². The molecule has 0 bridgehead atoms. The lowest BCUT2D eigenvalue weighted by atomic mass is 9.92. The first-order chi connectivity index (χ1) is 6.90. The topological polar surface area (TPSA) is 150 Å². The number of carboxylic acid groups (broad SMARTS) is 1. The molecule has 0 aromatic rings. The summed E-state index contributed by atoms with van der Waals surface area (Å²) in [4.78, 5) is 32.4. The Morgan fingerprint density at radius 1 is 1.43 bits per heavy atom. The minimum absolute atomic E-state index is 0.376. The van der Waals surface area contributed by atoms with Gasteiger partial charge in [-0.25, -0.2) is 0 Å². The second-order valence-corrected chi connectivity index (χ2v) is 2.78. The van der Waals surface area contributed by atoms with Gasteiger partial charge in [-0.3, -0.25) is 14.4 Å². The lowest BCUT2D eigenvalue weighted by Crippen LogP contribution is -2.45. The molecule has 7 heteroatoms. The molecular weight excluding hydrogens is 190 g/mol. The van der Waals surface area contributed by atoms with Crippen LogP contribution in [0.1, 0.15) is 6.42 Å². The van der Waals surface area contributed by atoms with Gasteiger partial charge in [0.25, 0.3) is 0 Å². The van der Waals surface area contributed by atoms with E-state index in [4.69, 9.17) is 18.0 Å². The monoisotopic (exact) mass is 204 g/mol. The standard InChI is InChI=1S/C7H13N3O4/c8-2-4(11)3(1-5(9)12)6(10)7(13)14/h3,6H,1-2,8,10H2,(H2,9,12)(H,13,14)/t3?,6-/m0/s1/i/hD. The number of carbonyl (C=O) groups excluding carboxylic acids is 2. The summed E-state index contributed by atoms with van der Waals surface area (Å²) in [6, 6.07) is -1.49. The van der Waals surface area contributed by atoms with E-state index < -0.39 is 36.0 Å². The molecule has 7 nitrogen and oxygen atoms in total. The molecule has 7 N–H and O–H groups in total. The van der Waals surface area contributed by atoms with Gasteiger partial charge in [0.05, 0.1) is 12.5 Å². The van der Waals surface area contributed by atoms with Gasteiger partial charge in [0.2, 0.25) is 5.91 Å². The molecule has 0 rings (SSSR count). The van der Waals surface area contributed by atoms with Crippen molar-refractivity contribution >= 4 is 17.7 Å². The zero-order valence-electron chi connectivity index (χ0n) is 8.40. The Balaban J connectivity index is 4.63. The first-order valence-electron chi connectivity index (χ1n) is 4.34. The molecule has 0 spiro atoms. The smallest absolute Gasteiger partial charge is 0.321 e. The van der Waals surface area contributed by atoms with Gasteiger partial charge in [0.1, 0.15) is 7.45 Å². The van der Waals surface area contributed by atoms with Gasteiger partial charge in [-0.2, -0.15) is 0 Å². The highest BCUT2D eigenvalue weighted by Gasteiger charge is 2.30. The van der Waals surface area contributed by atoms with E-state index in [2.05, 4.69) is 0 Å². The van der Waals surface area contributed by atoms with Crippen molar-refractivity contribution in [1.29, 1.82) is 0 Å². The lowest BCUT2D eigenvalue weighted by Gasteiger charge is -2.16. The predicted octanol–water partition coefficient (Wildman–Crippen LogP) is -2.58. The van der Waals surface area contributed by atoms with Crippen molar-refractivity contribution in [1.82, 2.24) is 0 Å². The molecule has 0 aromatic carbocycles. The number of hydrogen-bond acceptors (Lipinski definition) is 5. The zero-order valence-corrected chi connectivity index (χ0v) is 7.40. The predicted molar refractivity (Wildman–Crippen MR) is 47.0 cm³/mol. The largest absolute Gasteiger partial charge is 0.480 e. The van der Waals surface area contributed by atoms with E-state index in [0.29, 0.717) is 0 Å². The summed E-state index contributed by atoms with van der Waals surface area (Å²) in [5.41, 5.74) is 11.9. The van der Waals surface area contributed by atoms with E-state index in [1.807, 2.05) is 5.73 Å². The number of amides is 1. The number of hydrogen-bond donors (Lipinski definition) is 4. The molecule has 0 aliphatic heterocycles. The van der Waals surface area contributed by atoms with Gasteiger partial charge in [-0.1, -0.05) is 0 Å². The van der Waals surface area contributed by atoms with Crippen molar-refractivity contribution in [2.45, 2.75) is 12.5 Å². The van der Waals surface area contributed by atoms with Crippen LogP contribution >= 0.6 is 0 Å². The Kier molecular flexibility index (Phi) is 4.02. The molecule has 0 aromatic heterocycles. The number of carbonyl (C=O) groups is 3. The molecule has 0 saturated heterocycles. The summed E-state index contributed by atoms with van der Waals surface area (Å²) in [6.45, 7) is -0.376. The molecule has 2 atom stereocenters. The van der Waals surface area contributed by atoms with Crippen molar-refractivity contribution in [3.8, 4) is 0 Å². The fraction of sp³-hybridized carbons (Fsp3) is 0.571. The Morgan fingerprint density at radius 3 is 2.36 bits per heavy atom. The van der Waals surface area contributed by atoms with Gasteiger partial charge in [0.15, 0.2) is 5.78 Å². The number of Topliss-reactive ketones (excluding diaryl/α,β-unsaturated/α-hetero) is 1. The Morgan fingerprint density at radius 2 is 2.00 bits per heavy atom. The number of ketones is 1. The molecule has 0 fully saturated rings. The molecular formula is C7H13N3O4. The molecule has 0 heterocycles. The van der Waals surface area contributed by atoms with Crippen molar-refractivity contribution in [2.24, 2.45) is 23.1 Å². The molecule has 0 aliphatic carbocycles. The van der Waals surface area contributed by atoms with Crippen molar-refractivity contribution in [3.63, 3.8) is 0 Å². The summed E-state index contributed by atoms with van der Waals surface area (Å²) < 4.78 is 6.58. The maximum atomic E-state index is 11.3. The second-order valence-electron chi connectivity index (χ2n) is 2.78. The number of carboxylic acids is 1. The van der Waals surface area contributed by atoms with Crippen molar-refractivity contribution < 1.29 is 20.9 Å². The molecule has 14 heavy (non-hydrogen) atoms. The van der Waals surface area contributed by atoms with E-state index in [9.17, 15) is 14.4 Å². The van der Waals surface area contributed by atoms with Crippen LogP contribution in [0.3, 0.4) is 0 Å². The van der Waals surface area contributed by atoms with Crippen LogP contribution in [0.25, 0.3) is 0 Å². The van der Waals surface area contributed by atoms with E-state index in [-0.39, 0.29) is 6.54 Å². The minimum Gasteiger partial charge on any atom is -0.480 e. The van der Waals surface area contributed by atoms with Crippen LogP contribution in [-0.4, -0.2) is 35.4 Å². The molecule has 1 amide bonds. The number of aliphatic carboxylic acids is 1. The summed E-state index contributed by atoms with van der Waals surface area (Å²) >= 11 is 0. The Hall–Kier alpha value is -1.47. The lowest BCUT2D eigenvalue weighted by molar-refractivity contribution is -0.143. The summed E-state index contributed by atoms with van der Waals surface area (Å²) in [5.74, 6) is -4.02. The fourth-order valence-electron chi connectivity index (χ4n) is 0.961. The number of nitrogens with two attached hydrogens (primary N) is 3. The number of primary amides is 1. The Labute approximate surface area is 81.7 Å².